The van der Waals surface area contributed by atoms with Gasteiger partial charge in [-0.25, -0.2) is 0 Å². The van der Waals surface area contributed by atoms with Gasteiger partial charge in [0.25, 0.3) is 0 Å². The van der Waals surface area contributed by atoms with Crippen LogP contribution in [-0.2, 0) is 4.74 Å². The van der Waals surface area contributed by atoms with Crippen LogP contribution >= 0.6 is 0 Å². The molecule has 1 saturated carbocycles. The molecule has 0 spiro atoms. The Morgan fingerprint density at radius 3 is 2.46 bits per heavy atom. The normalized spacial score (nSPS) is 27.5. The first kappa shape index (κ1) is 12.9. The van der Waals surface area contributed by atoms with Crippen molar-refractivity contribution in [1.82, 2.24) is 5.32 Å². The molecule has 1 rings (SSSR count). The van der Waals surface area contributed by atoms with E-state index < -0.39 is 0 Å². The van der Waals surface area contributed by atoms with Crippen molar-refractivity contribution >= 4 is 0 Å². The summed E-state index contributed by atoms with van der Waals surface area (Å²) >= 11 is 0. The van der Waals surface area contributed by atoms with Crippen molar-refractivity contribution in [1.29, 1.82) is 0 Å². The summed E-state index contributed by atoms with van der Waals surface area (Å²) in [5.74, 6) is 1.86. The zero-order valence-electron chi connectivity index (χ0n) is 9.76. The van der Waals surface area contributed by atoms with Crippen LogP contribution in [0.5, 0.6) is 0 Å². The summed E-state index contributed by atoms with van der Waals surface area (Å²) in [5.41, 5.74) is 0. The number of nitrogens with one attached hydrogen (secondary N) is 1. The minimum absolute atomic E-state index is 0.446. The average molecular weight is 187 g/mol. The van der Waals surface area contributed by atoms with Gasteiger partial charge in [0, 0.05) is 7.11 Å². The molecule has 0 heterocycles. The largest absolute Gasteiger partial charge is 0.382 e. The van der Waals surface area contributed by atoms with Crippen molar-refractivity contribution in [3.63, 3.8) is 0 Å². The summed E-state index contributed by atoms with van der Waals surface area (Å²) in [6.07, 6.45) is 3.08. The third-order valence-corrected chi connectivity index (χ3v) is 2.57. The molecule has 2 heteroatoms. The lowest BCUT2D eigenvalue weighted by Crippen LogP contribution is -2.12. The Bertz CT molecular complexity index is 117. The van der Waals surface area contributed by atoms with Crippen LogP contribution in [0.2, 0.25) is 0 Å². The first-order valence-corrected chi connectivity index (χ1v) is 5.45. The molecule has 80 valence electrons. The second kappa shape index (κ2) is 7.34. The van der Waals surface area contributed by atoms with Crippen molar-refractivity contribution < 1.29 is 4.74 Å². The van der Waals surface area contributed by atoms with Crippen molar-refractivity contribution in [2.45, 2.75) is 39.7 Å². The van der Waals surface area contributed by atoms with Gasteiger partial charge in [0.15, 0.2) is 0 Å². The molecule has 1 N–H and O–H groups in total. The second-order valence-electron chi connectivity index (χ2n) is 3.60. The highest BCUT2D eigenvalue weighted by molar-refractivity contribution is 4.88. The fourth-order valence-electron chi connectivity index (χ4n) is 1.63. The summed E-state index contributed by atoms with van der Waals surface area (Å²) in [4.78, 5) is 0. The molecule has 0 aromatic heterocycles. The molecule has 2 nitrogen and oxygen atoms in total. The van der Waals surface area contributed by atoms with Gasteiger partial charge >= 0.3 is 0 Å². The van der Waals surface area contributed by atoms with Gasteiger partial charge < -0.3 is 10.1 Å². The van der Waals surface area contributed by atoms with Gasteiger partial charge in [0.2, 0.25) is 0 Å². The van der Waals surface area contributed by atoms with Crippen LogP contribution in [0.25, 0.3) is 0 Å². The smallest absolute Gasteiger partial charge is 0.0546 e. The Morgan fingerprint density at radius 2 is 2.00 bits per heavy atom. The fraction of sp³-hybridized carbons (Fsp3) is 1.00. The summed E-state index contributed by atoms with van der Waals surface area (Å²) in [6, 6.07) is 0. The van der Waals surface area contributed by atoms with Gasteiger partial charge in [0.05, 0.1) is 6.10 Å². The minimum atomic E-state index is 0.446. The number of hydrogen-bond donors (Lipinski definition) is 1. The fourth-order valence-corrected chi connectivity index (χ4v) is 1.63. The van der Waals surface area contributed by atoms with Gasteiger partial charge in [-0.2, -0.15) is 0 Å². The van der Waals surface area contributed by atoms with Crippen LogP contribution in [0.1, 0.15) is 33.6 Å². The van der Waals surface area contributed by atoms with E-state index >= 15 is 0 Å². The Kier molecular flexibility index (Phi) is 7.29. The molecule has 0 amide bonds. The van der Waals surface area contributed by atoms with E-state index in [4.69, 9.17) is 4.74 Å². The number of ether oxygens (including phenoxy) is 1. The molecule has 3 atom stereocenters. The highest BCUT2D eigenvalue weighted by Gasteiger charge is 2.36. The van der Waals surface area contributed by atoms with E-state index in [1.165, 1.54) is 19.4 Å². The second-order valence-corrected chi connectivity index (χ2v) is 3.60. The molecule has 1 aliphatic rings. The van der Waals surface area contributed by atoms with Crippen molar-refractivity contribution in [3.05, 3.63) is 0 Å². The van der Waals surface area contributed by atoms with Crippen molar-refractivity contribution in [2.24, 2.45) is 11.8 Å². The Hall–Kier alpha value is -0.0800. The molecular formula is C11H25NO. The van der Waals surface area contributed by atoms with Crippen molar-refractivity contribution in [3.8, 4) is 0 Å². The van der Waals surface area contributed by atoms with E-state index in [2.05, 4.69) is 12.2 Å². The van der Waals surface area contributed by atoms with Gasteiger partial charge in [0.1, 0.15) is 0 Å². The zero-order valence-corrected chi connectivity index (χ0v) is 9.76. The molecule has 1 fully saturated rings. The average Bonchev–Trinajstić information content (AvgIpc) is 2.88. The maximum atomic E-state index is 5.21. The van der Waals surface area contributed by atoms with Crippen LogP contribution in [-0.4, -0.2) is 26.8 Å². The van der Waals surface area contributed by atoms with E-state index in [0.717, 1.165) is 11.8 Å². The van der Waals surface area contributed by atoms with E-state index in [-0.39, 0.29) is 0 Å². The molecule has 0 aromatic rings. The van der Waals surface area contributed by atoms with Crippen LogP contribution in [0.4, 0.5) is 0 Å². The van der Waals surface area contributed by atoms with Gasteiger partial charge in [-0.1, -0.05) is 13.8 Å². The minimum Gasteiger partial charge on any atom is -0.382 e. The lowest BCUT2D eigenvalue weighted by atomic mass is 10.1. The van der Waals surface area contributed by atoms with Crippen LogP contribution in [0.15, 0.2) is 0 Å². The maximum Gasteiger partial charge on any atom is 0.0546 e. The Balaban J connectivity index is 0.000000671. The molecule has 13 heavy (non-hydrogen) atoms. The Labute approximate surface area is 83.1 Å². The van der Waals surface area contributed by atoms with Crippen LogP contribution in [0, 0.1) is 11.8 Å². The summed E-state index contributed by atoms with van der Waals surface area (Å²) in [6.45, 7) is 7.33. The third kappa shape index (κ3) is 5.27. The topological polar surface area (TPSA) is 21.3 Å². The van der Waals surface area contributed by atoms with E-state index in [0.29, 0.717) is 6.10 Å². The Morgan fingerprint density at radius 1 is 1.38 bits per heavy atom. The molecule has 0 radical (unpaired) electrons. The molecule has 0 bridgehead atoms. The van der Waals surface area contributed by atoms with Gasteiger partial charge in [-0.05, 0) is 45.2 Å². The summed E-state index contributed by atoms with van der Waals surface area (Å²) < 4.78 is 5.21. The molecule has 0 saturated heterocycles. The van der Waals surface area contributed by atoms with E-state index in [1.54, 1.807) is 7.11 Å². The van der Waals surface area contributed by atoms with Crippen molar-refractivity contribution in [2.75, 3.05) is 20.7 Å². The number of rotatable bonds is 5. The lowest BCUT2D eigenvalue weighted by Gasteiger charge is -2.07. The molecule has 1 aliphatic carbocycles. The predicted octanol–water partition coefficient (Wildman–Crippen LogP) is 2.29. The predicted molar refractivity (Wildman–Crippen MR) is 58.0 cm³/mol. The van der Waals surface area contributed by atoms with Gasteiger partial charge in [-0.3, -0.25) is 0 Å². The molecule has 0 aromatic carbocycles. The summed E-state index contributed by atoms with van der Waals surface area (Å²) in [5, 5.41) is 3.21. The first-order valence-electron chi connectivity index (χ1n) is 5.45. The zero-order chi connectivity index (χ0) is 10.3. The SMILES string of the molecule is CC.CNC[C@@H]1C[C@@H]1C[C@H](C)OC. The standard InChI is InChI=1S/C9H19NO.C2H6/c1-7(11-3)4-8-5-9(8)6-10-2;1-2/h7-10H,4-6H2,1-3H3;1-2H3/t7-,8-,9-;/m0./s1. The van der Waals surface area contributed by atoms with Crippen LogP contribution < -0.4 is 5.32 Å². The quantitative estimate of drug-likeness (QED) is 0.713. The maximum absolute atomic E-state index is 5.21. The monoisotopic (exact) mass is 187 g/mol. The molecule has 0 unspecified atom stereocenters. The van der Waals surface area contributed by atoms with E-state index in [9.17, 15) is 0 Å². The lowest BCUT2D eigenvalue weighted by molar-refractivity contribution is 0.104. The third-order valence-electron chi connectivity index (χ3n) is 2.57. The van der Waals surface area contributed by atoms with E-state index in [1.807, 2.05) is 20.9 Å². The highest BCUT2D eigenvalue weighted by Crippen LogP contribution is 2.41. The highest BCUT2D eigenvalue weighted by atomic mass is 16.5. The summed E-state index contributed by atoms with van der Waals surface area (Å²) in [7, 11) is 3.81. The van der Waals surface area contributed by atoms with Crippen LogP contribution in [0.3, 0.4) is 0 Å². The molecular weight excluding hydrogens is 162 g/mol. The molecule has 0 aliphatic heterocycles. The first-order chi connectivity index (χ1) is 6.27. The van der Waals surface area contributed by atoms with Gasteiger partial charge in [-0.15, -0.1) is 0 Å². The number of hydrogen-bond acceptors (Lipinski definition) is 2. The number of methoxy groups -OCH3 is 1.